The van der Waals surface area contributed by atoms with Gasteiger partial charge in [0.1, 0.15) is 11.5 Å². The van der Waals surface area contributed by atoms with Crippen LogP contribution in [0.1, 0.15) is 44.3 Å². The third-order valence-electron chi connectivity index (χ3n) is 5.97. The molecule has 0 amide bonds. The average molecular weight is 437 g/mol. The van der Waals surface area contributed by atoms with Crippen LogP contribution in [0.4, 0.5) is 0 Å². The van der Waals surface area contributed by atoms with Gasteiger partial charge in [0.15, 0.2) is 5.76 Å². The van der Waals surface area contributed by atoms with E-state index in [-0.39, 0.29) is 11.5 Å². The number of esters is 1. The first kappa shape index (κ1) is 20.8. The molecule has 0 N–H and O–H groups in total. The molecular formula is C28H23NO4. The van der Waals surface area contributed by atoms with Crippen molar-refractivity contribution >= 4 is 28.7 Å². The van der Waals surface area contributed by atoms with Crippen LogP contribution in [0.3, 0.4) is 0 Å². The fourth-order valence-corrected chi connectivity index (χ4v) is 4.29. The SMILES string of the molecule is CCn1cc(/C=C2\Oc3cc(OC(=O)c4ccccc4C)cc(C)c3C2=O)c2ccccc21. The summed E-state index contributed by atoms with van der Waals surface area (Å²) in [6.45, 7) is 6.59. The molecule has 5 rings (SSSR count). The summed E-state index contributed by atoms with van der Waals surface area (Å²) in [5.74, 6) is 0.385. The topological polar surface area (TPSA) is 57.5 Å². The lowest BCUT2D eigenvalue weighted by Gasteiger charge is -2.09. The van der Waals surface area contributed by atoms with Crippen LogP contribution >= 0.6 is 0 Å². The number of aromatic nitrogens is 1. The van der Waals surface area contributed by atoms with Crippen LogP contribution in [0.15, 0.2) is 72.6 Å². The highest BCUT2D eigenvalue weighted by Gasteiger charge is 2.30. The van der Waals surface area contributed by atoms with Crippen molar-refractivity contribution in [3.63, 3.8) is 0 Å². The Bertz CT molecular complexity index is 1460. The molecule has 5 heteroatoms. The first-order valence-corrected chi connectivity index (χ1v) is 10.9. The number of Topliss-reactive ketones (excluding diaryl/α,β-unsaturated/α-hetero) is 1. The lowest BCUT2D eigenvalue weighted by Crippen LogP contribution is -2.10. The molecule has 0 atom stereocenters. The van der Waals surface area contributed by atoms with Gasteiger partial charge >= 0.3 is 5.97 Å². The fraction of sp³-hybridized carbons (Fsp3) is 0.143. The number of allylic oxidation sites excluding steroid dienone is 1. The molecular weight excluding hydrogens is 414 g/mol. The summed E-state index contributed by atoms with van der Waals surface area (Å²) in [4.78, 5) is 25.8. The van der Waals surface area contributed by atoms with Crippen LogP contribution < -0.4 is 9.47 Å². The number of carbonyl (C=O) groups is 2. The molecule has 1 aliphatic heterocycles. The standard InChI is InChI=1S/C28H23NO4/c1-4-29-16-19(22-11-7-8-12-23(22)29)14-25-27(30)26-18(3)13-20(15-24(26)33-25)32-28(31)21-10-6-5-9-17(21)2/h5-16H,4H2,1-3H3/b25-14-. The van der Waals surface area contributed by atoms with E-state index in [1.807, 2.05) is 50.4 Å². The van der Waals surface area contributed by atoms with Gasteiger partial charge in [-0.3, -0.25) is 4.79 Å². The molecule has 0 fully saturated rings. The Kier molecular flexibility index (Phi) is 5.09. The Balaban J connectivity index is 1.47. The number of nitrogens with zero attached hydrogens (tertiary/aromatic N) is 1. The predicted molar refractivity (Wildman–Crippen MR) is 128 cm³/mol. The van der Waals surface area contributed by atoms with Crippen LogP contribution in [0.2, 0.25) is 0 Å². The molecule has 0 saturated heterocycles. The van der Waals surface area contributed by atoms with E-state index < -0.39 is 5.97 Å². The lowest BCUT2D eigenvalue weighted by atomic mass is 10.0. The van der Waals surface area contributed by atoms with Gasteiger partial charge in [-0.25, -0.2) is 4.79 Å². The van der Waals surface area contributed by atoms with Crippen LogP contribution in [-0.4, -0.2) is 16.3 Å². The van der Waals surface area contributed by atoms with E-state index in [2.05, 4.69) is 17.6 Å². The zero-order valence-corrected chi connectivity index (χ0v) is 18.7. The van der Waals surface area contributed by atoms with Gasteiger partial charge in [0.2, 0.25) is 5.78 Å². The van der Waals surface area contributed by atoms with E-state index >= 15 is 0 Å². The zero-order chi connectivity index (χ0) is 23.1. The first-order valence-electron chi connectivity index (χ1n) is 10.9. The van der Waals surface area contributed by atoms with Crippen molar-refractivity contribution in [2.45, 2.75) is 27.3 Å². The average Bonchev–Trinajstić information content (AvgIpc) is 3.31. The molecule has 4 aromatic rings. The Labute approximate surface area is 191 Å². The molecule has 5 nitrogen and oxygen atoms in total. The van der Waals surface area contributed by atoms with E-state index in [0.717, 1.165) is 28.6 Å². The Morgan fingerprint density at radius 1 is 1.03 bits per heavy atom. The maximum atomic E-state index is 13.1. The number of rotatable bonds is 4. The molecule has 1 aromatic heterocycles. The summed E-state index contributed by atoms with van der Waals surface area (Å²) in [6, 6.07) is 18.6. The van der Waals surface area contributed by atoms with Crippen molar-refractivity contribution in [3.8, 4) is 11.5 Å². The van der Waals surface area contributed by atoms with Crippen molar-refractivity contribution < 1.29 is 19.1 Å². The second kappa shape index (κ2) is 8.10. The van der Waals surface area contributed by atoms with Gasteiger partial charge in [-0.2, -0.15) is 0 Å². The van der Waals surface area contributed by atoms with Crippen molar-refractivity contribution in [1.82, 2.24) is 4.57 Å². The number of ether oxygens (including phenoxy) is 2. The van der Waals surface area contributed by atoms with Crippen LogP contribution in [-0.2, 0) is 6.54 Å². The fourth-order valence-electron chi connectivity index (χ4n) is 4.29. The normalized spacial score (nSPS) is 13.9. The van der Waals surface area contributed by atoms with Gasteiger partial charge < -0.3 is 14.0 Å². The lowest BCUT2D eigenvalue weighted by molar-refractivity contribution is 0.0733. The van der Waals surface area contributed by atoms with Crippen molar-refractivity contribution in [3.05, 3.63) is 100 Å². The third-order valence-corrected chi connectivity index (χ3v) is 5.97. The number of aryl methyl sites for hydroxylation is 3. The first-order chi connectivity index (χ1) is 16.0. The maximum Gasteiger partial charge on any atom is 0.343 e. The smallest absolute Gasteiger partial charge is 0.343 e. The molecule has 0 spiro atoms. The van der Waals surface area contributed by atoms with Gasteiger partial charge in [0.05, 0.1) is 11.1 Å². The van der Waals surface area contributed by atoms with E-state index in [4.69, 9.17) is 9.47 Å². The quantitative estimate of drug-likeness (QED) is 0.219. The monoisotopic (exact) mass is 437 g/mol. The predicted octanol–water partition coefficient (Wildman–Crippen LogP) is 6.11. The number of carbonyl (C=O) groups excluding carboxylic acids is 2. The van der Waals surface area contributed by atoms with E-state index in [0.29, 0.717) is 28.2 Å². The van der Waals surface area contributed by atoms with Gasteiger partial charge in [0, 0.05) is 35.3 Å². The highest BCUT2D eigenvalue weighted by atomic mass is 16.5. The van der Waals surface area contributed by atoms with Crippen molar-refractivity contribution in [1.29, 1.82) is 0 Å². The molecule has 0 saturated carbocycles. The third kappa shape index (κ3) is 3.61. The van der Waals surface area contributed by atoms with E-state index in [9.17, 15) is 9.59 Å². The molecule has 0 unspecified atom stereocenters. The van der Waals surface area contributed by atoms with Gasteiger partial charge in [0.25, 0.3) is 0 Å². The van der Waals surface area contributed by atoms with Crippen molar-refractivity contribution in [2.75, 3.05) is 0 Å². The second-order valence-corrected chi connectivity index (χ2v) is 8.15. The zero-order valence-electron chi connectivity index (χ0n) is 18.7. The Morgan fingerprint density at radius 3 is 2.58 bits per heavy atom. The minimum absolute atomic E-state index is 0.174. The molecule has 33 heavy (non-hydrogen) atoms. The van der Waals surface area contributed by atoms with E-state index in [1.54, 1.807) is 30.3 Å². The molecule has 3 aromatic carbocycles. The summed E-state index contributed by atoms with van der Waals surface area (Å²) >= 11 is 0. The van der Waals surface area contributed by atoms with Crippen LogP contribution in [0.5, 0.6) is 11.5 Å². The number of benzene rings is 3. The minimum atomic E-state index is -0.445. The van der Waals surface area contributed by atoms with Crippen LogP contribution in [0, 0.1) is 13.8 Å². The summed E-state index contributed by atoms with van der Waals surface area (Å²) in [6.07, 6.45) is 3.81. The highest BCUT2D eigenvalue weighted by molar-refractivity contribution is 6.16. The van der Waals surface area contributed by atoms with Gasteiger partial charge in [-0.15, -0.1) is 0 Å². The summed E-state index contributed by atoms with van der Waals surface area (Å²) in [5.41, 5.74) is 4.56. The van der Waals surface area contributed by atoms with E-state index in [1.165, 1.54) is 0 Å². The summed E-state index contributed by atoms with van der Waals surface area (Å²) in [5, 5.41) is 1.06. The van der Waals surface area contributed by atoms with Gasteiger partial charge in [-0.1, -0.05) is 36.4 Å². The van der Waals surface area contributed by atoms with Crippen LogP contribution in [0.25, 0.3) is 17.0 Å². The Morgan fingerprint density at radius 2 is 1.79 bits per heavy atom. The summed E-state index contributed by atoms with van der Waals surface area (Å²) in [7, 11) is 0. The number of ketones is 1. The molecule has 0 bridgehead atoms. The molecule has 164 valence electrons. The number of hydrogen-bond acceptors (Lipinski definition) is 4. The number of fused-ring (bicyclic) bond motifs is 2. The molecule has 1 aliphatic rings. The minimum Gasteiger partial charge on any atom is -0.452 e. The van der Waals surface area contributed by atoms with Crippen molar-refractivity contribution in [2.24, 2.45) is 0 Å². The molecule has 0 radical (unpaired) electrons. The number of para-hydroxylation sites is 1. The Hall–Kier alpha value is -4.12. The molecule has 0 aliphatic carbocycles. The highest BCUT2D eigenvalue weighted by Crippen LogP contribution is 2.38. The molecule has 2 heterocycles. The second-order valence-electron chi connectivity index (χ2n) is 8.15. The number of hydrogen-bond donors (Lipinski definition) is 0. The van der Waals surface area contributed by atoms with Gasteiger partial charge in [-0.05, 0) is 56.2 Å². The maximum absolute atomic E-state index is 13.1. The summed E-state index contributed by atoms with van der Waals surface area (Å²) < 4.78 is 13.7. The largest absolute Gasteiger partial charge is 0.452 e.